The SMILES string of the molecule is COC(C)(C)CNC(=O)c1[nH]cnc1C(=O)CCCC1CCC(C(=O)Nc2cc(C(F)(F)F)ccc2Cl)CC1. The largest absolute Gasteiger partial charge is 0.416 e. The van der Waals surface area contributed by atoms with Gasteiger partial charge in [0.15, 0.2) is 5.78 Å². The van der Waals surface area contributed by atoms with Gasteiger partial charge in [-0.15, -0.1) is 0 Å². The first-order valence-corrected chi connectivity index (χ1v) is 13.3. The Morgan fingerprint density at radius 1 is 1.15 bits per heavy atom. The highest BCUT2D eigenvalue weighted by Crippen LogP contribution is 2.36. The van der Waals surface area contributed by atoms with Gasteiger partial charge in [-0.05, 0) is 70.1 Å². The number of ether oxygens (including phenoxy) is 1. The third-order valence-corrected chi connectivity index (χ3v) is 7.47. The smallest absolute Gasteiger partial charge is 0.377 e. The number of alkyl halides is 3. The summed E-state index contributed by atoms with van der Waals surface area (Å²) in [6, 6.07) is 2.84. The molecule has 2 aromatic rings. The molecular formula is C27H34ClF3N4O4. The predicted molar refractivity (Wildman–Crippen MR) is 141 cm³/mol. The molecule has 0 bridgehead atoms. The molecule has 1 aromatic carbocycles. The predicted octanol–water partition coefficient (Wildman–Crippen LogP) is 6.03. The van der Waals surface area contributed by atoms with Crippen LogP contribution in [0.2, 0.25) is 5.02 Å². The molecule has 8 nitrogen and oxygen atoms in total. The number of aromatic amines is 1. The normalized spacial score (nSPS) is 18.0. The molecule has 1 saturated carbocycles. The molecule has 39 heavy (non-hydrogen) atoms. The van der Waals surface area contributed by atoms with Gasteiger partial charge in [0.1, 0.15) is 11.4 Å². The van der Waals surface area contributed by atoms with E-state index in [2.05, 4.69) is 20.6 Å². The second-order valence-corrected chi connectivity index (χ2v) is 10.9. The number of carbonyl (C=O) groups excluding carboxylic acids is 3. The number of aromatic nitrogens is 2. The van der Waals surface area contributed by atoms with Gasteiger partial charge in [0.05, 0.1) is 28.2 Å². The van der Waals surface area contributed by atoms with Crippen LogP contribution in [0.3, 0.4) is 0 Å². The van der Waals surface area contributed by atoms with E-state index in [9.17, 15) is 27.6 Å². The number of nitrogens with zero attached hydrogens (tertiary/aromatic N) is 1. The zero-order valence-electron chi connectivity index (χ0n) is 22.2. The Balaban J connectivity index is 1.44. The number of amides is 2. The van der Waals surface area contributed by atoms with Crippen molar-refractivity contribution in [3.63, 3.8) is 0 Å². The average molecular weight is 571 g/mol. The number of rotatable bonds is 11. The van der Waals surface area contributed by atoms with Crippen molar-refractivity contribution in [1.29, 1.82) is 0 Å². The summed E-state index contributed by atoms with van der Waals surface area (Å²) in [4.78, 5) is 44.7. The molecule has 1 aliphatic rings. The molecule has 0 aliphatic heterocycles. The van der Waals surface area contributed by atoms with E-state index in [1.807, 2.05) is 13.8 Å². The number of H-pyrrole nitrogens is 1. The Bertz CT molecular complexity index is 1170. The number of Topliss-reactive ketones (excluding diaryl/α,β-unsaturated/α-hetero) is 1. The third kappa shape index (κ3) is 8.53. The van der Waals surface area contributed by atoms with E-state index < -0.39 is 23.2 Å². The minimum Gasteiger partial charge on any atom is -0.377 e. The second kappa shape index (κ2) is 13.0. The lowest BCUT2D eigenvalue weighted by molar-refractivity contribution is -0.137. The van der Waals surface area contributed by atoms with Crippen molar-refractivity contribution in [1.82, 2.24) is 15.3 Å². The number of benzene rings is 1. The standard InChI is InChI=1S/C27H34ClF3N4O4/c1-26(2,39-3)14-32-25(38)23-22(33-15-34-23)21(36)6-4-5-16-7-9-17(10-8-16)24(37)35-20-13-18(27(29,30)31)11-12-19(20)28/h11-13,15-17H,4-10,14H2,1-3H3,(H,32,38)(H,33,34)(H,35,37). The molecule has 1 fully saturated rings. The molecule has 0 saturated heterocycles. The molecule has 0 spiro atoms. The Hall–Kier alpha value is -2.92. The molecule has 1 aliphatic carbocycles. The van der Waals surface area contributed by atoms with Crippen molar-refractivity contribution in [2.45, 2.75) is 70.6 Å². The number of anilines is 1. The van der Waals surface area contributed by atoms with Gasteiger partial charge in [0, 0.05) is 26.0 Å². The third-order valence-electron chi connectivity index (χ3n) is 7.14. The van der Waals surface area contributed by atoms with Gasteiger partial charge in [0.25, 0.3) is 5.91 Å². The molecule has 3 N–H and O–H groups in total. The fourth-order valence-corrected chi connectivity index (χ4v) is 4.71. The van der Waals surface area contributed by atoms with Gasteiger partial charge in [-0.1, -0.05) is 18.0 Å². The van der Waals surface area contributed by atoms with Crippen LogP contribution in [0.15, 0.2) is 24.5 Å². The van der Waals surface area contributed by atoms with Gasteiger partial charge >= 0.3 is 6.18 Å². The summed E-state index contributed by atoms with van der Waals surface area (Å²) in [5.74, 6) is -0.982. The van der Waals surface area contributed by atoms with Crippen LogP contribution in [-0.4, -0.2) is 46.8 Å². The quantitative estimate of drug-likeness (QED) is 0.285. The molecule has 1 aromatic heterocycles. The highest BCUT2D eigenvalue weighted by Gasteiger charge is 2.32. The summed E-state index contributed by atoms with van der Waals surface area (Å²) in [5, 5.41) is 5.34. The Labute approximate surface area is 230 Å². The summed E-state index contributed by atoms with van der Waals surface area (Å²) in [5.41, 5.74) is -1.25. The zero-order valence-corrected chi connectivity index (χ0v) is 23.0. The fraction of sp³-hybridized carbons (Fsp3) is 0.556. The number of nitrogens with one attached hydrogen (secondary N) is 3. The van der Waals surface area contributed by atoms with Crippen LogP contribution in [0, 0.1) is 11.8 Å². The van der Waals surface area contributed by atoms with Crippen LogP contribution in [0.25, 0.3) is 0 Å². The maximum atomic E-state index is 13.0. The van der Waals surface area contributed by atoms with E-state index in [1.165, 1.54) is 6.33 Å². The van der Waals surface area contributed by atoms with Gasteiger partial charge < -0.3 is 20.4 Å². The summed E-state index contributed by atoms with van der Waals surface area (Å²) < 4.78 is 44.3. The minimum absolute atomic E-state index is 0.0473. The Kier molecular flexibility index (Phi) is 10.2. The lowest BCUT2D eigenvalue weighted by Crippen LogP contribution is -2.40. The number of halogens is 4. The van der Waals surface area contributed by atoms with E-state index in [4.69, 9.17) is 16.3 Å². The monoisotopic (exact) mass is 570 g/mol. The van der Waals surface area contributed by atoms with Crippen LogP contribution in [-0.2, 0) is 15.7 Å². The number of carbonyl (C=O) groups is 3. The molecule has 12 heteroatoms. The van der Waals surface area contributed by atoms with E-state index >= 15 is 0 Å². The first kappa shape index (κ1) is 30.6. The van der Waals surface area contributed by atoms with E-state index in [0.717, 1.165) is 37.5 Å². The zero-order chi connectivity index (χ0) is 28.8. The van der Waals surface area contributed by atoms with Crippen molar-refractivity contribution in [3.05, 3.63) is 46.5 Å². The number of hydrogen-bond donors (Lipinski definition) is 3. The fourth-order valence-electron chi connectivity index (χ4n) is 4.55. The van der Waals surface area contributed by atoms with Crippen LogP contribution in [0.1, 0.15) is 85.3 Å². The molecule has 3 rings (SSSR count). The van der Waals surface area contributed by atoms with Crippen molar-refractivity contribution in [3.8, 4) is 0 Å². The van der Waals surface area contributed by atoms with E-state index in [1.54, 1.807) is 7.11 Å². The maximum Gasteiger partial charge on any atom is 0.416 e. The minimum atomic E-state index is -4.53. The first-order chi connectivity index (χ1) is 18.3. The number of methoxy groups -OCH3 is 1. The van der Waals surface area contributed by atoms with Crippen molar-refractivity contribution in [2.75, 3.05) is 19.0 Å². The topological polar surface area (TPSA) is 113 Å². The molecule has 0 radical (unpaired) electrons. The van der Waals surface area contributed by atoms with E-state index in [-0.39, 0.29) is 52.7 Å². The lowest BCUT2D eigenvalue weighted by atomic mass is 9.79. The van der Waals surface area contributed by atoms with E-state index in [0.29, 0.717) is 25.2 Å². The van der Waals surface area contributed by atoms with Crippen LogP contribution in [0.4, 0.5) is 18.9 Å². The first-order valence-electron chi connectivity index (χ1n) is 12.9. The summed E-state index contributed by atoms with van der Waals surface area (Å²) in [6.07, 6.45) is 1.17. The average Bonchev–Trinajstić information content (AvgIpc) is 3.38. The van der Waals surface area contributed by atoms with Gasteiger partial charge in [-0.3, -0.25) is 14.4 Å². The van der Waals surface area contributed by atoms with Gasteiger partial charge in [-0.2, -0.15) is 13.2 Å². The molecule has 214 valence electrons. The number of hydrogen-bond acceptors (Lipinski definition) is 5. The van der Waals surface area contributed by atoms with Crippen molar-refractivity contribution >= 4 is 34.9 Å². The highest BCUT2D eigenvalue weighted by molar-refractivity contribution is 6.33. The molecule has 0 unspecified atom stereocenters. The van der Waals surface area contributed by atoms with Gasteiger partial charge in [-0.25, -0.2) is 4.98 Å². The van der Waals surface area contributed by atoms with Crippen LogP contribution < -0.4 is 10.6 Å². The molecular weight excluding hydrogens is 537 g/mol. The number of ketones is 1. The molecule has 2 amide bonds. The van der Waals surface area contributed by atoms with Crippen LogP contribution >= 0.6 is 11.6 Å². The summed E-state index contributed by atoms with van der Waals surface area (Å²) >= 11 is 6.00. The Morgan fingerprint density at radius 2 is 1.85 bits per heavy atom. The van der Waals surface area contributed by atoms with Crippen molar-refractivity contribution < 1.29 is 32.3 Å². The lowest BCUT2D eigenvalue weighted by Gasteiger charge is -2.28. The summed E-state index contributed by atoms with van der Waals surface area (Å²) in [6.45, 7) is 3.93. The summed E-state index contributed by atoms with van der Waals surface area (Å²) in [7, 11) is 1.55. The maximum absolute atomic E-state index is 13.0. The second-order valence-electron chi connectivity index (χ2n) is 10.5. The van der Waals surface area contributed by atoms with Crippen molar-refractivity contribution in [2.24, 2.45) is 11.8 Å². The highest BCUT2D eigenvalue weighted by atomic mass is 35.5. The van der Waals surface area contributed by atoms with Crippen LogP contribution in [0.5, 0.6) is 0 Å². The number of imidazole rings is 1. The molecule has 0 atom stereocenters. The van der Waals surface area contributed by atoms with Gasteiger partial charge in [0.2, 0.25) is 5.91 Å². The Morgan fingerprint density at radius 3 is 2.49 bits per heavy atom. The molecule has 1 heterocycles.